The molecule has 2 aromatic carbocycles. The monoisotopic (exact) mass is 498 g/mol. The summed E-state index contributed by atoms with van der Waals surface area (Å²) < 4.78 is 22.4. The van der Waals surface area contributed by atoms with E-state index in [2.05, 4.69) is 29.2 Å². The number of rotatable bonds is 9. The second-order valence-corrected chi connectivity index (χ2v) is 9.97. The zero-order chi connectivity index (χ0) is 24.9. The zero-order valence-corrected chi connectivity index (χ0v) is 21.2. The molecule has 4 rings (SSSR count). The van der Waals surface area contributed by atoms with E-state index in [1.165, 1.54) is 6.07 Å². The number of halogens is 2. The number of carbonyl (C=O) groups excluding carboxylic acids is 1. The molecule has 0 bridgehead atoms. The number of anilines is 1. The quantitative estimate of drug-likeness (QED) is 0.398. The Morgan fingerprint density at radius 1 is 1.11 bits per heavy atom. The summed E-state index contributed by atoms with van der Waals surface area (Å²) in [5.74, 6) is 0.797. The van der Waals surface area contributed by atoms with Crippen molar-refractivity contribution in [3.8, 4) is 5.75 Å². The topological polar surface area (TPSA) is 59.4 Å². The minimum atomic E-state index is -0.398. The molecular formula is C27H32ClFN4O2. The van der Waals surface area contributed by atoms with E-state index < -0.39 is 5.91 Å². The van der Waals surface area contributed by atoms with E-state index in [-0.39, 0.29) is 11.4 Å². The molecule has 3 aromatic rings. The Morgan fingerprint density at radius 2 is 1.89 bits per heavy atom. The first kappa shape index (κ1) is 25.2. The summed E-state index contributed by atoms with van der Waals surface area (Å²) in [5.41, 5.74) is 2.64. The van der Waals surface area contributed by atoms with Crippen LogP contribution in [0.1, 0.15) is 53.9 Å². The van der Waals surface area contributed by atoms with E-state index in [4.69, 9.17) is 16.3 Å². The van der Waals surface area contributed by atoms with Gasteiger partial charge < -0.3 is 10.1 Å². The van der Waals surface area contributed by atoms with Gasteiger partial charge in [-0.3, -0.25) is 14.4 Å². The number of amides is 1. The predicted molar refractivity (Wildman–Crippen MR) is 137 cm³/mol. The molecule has 1 fully saturated rings. The predicted octanol–water partition coefficient (Wildman–Crippen LogP) is 5.92. The van der Waals surface area contributed by atoms with Crippen molar-refractivity contribution >= 4 is 23.3 Å². The van der Waals surface area contributed by atoms with Gasteiger partial charge in [-0.1, -0.05) is 31.5 Å². The number of hydrogen-bond donors (Lipinski definition) is 1. The lowest BCUT2D eigenvalue weighted by Gasteiger charge is -2.15. The molecule has 0 atom stereocenters. The Balaban J connectivity index is 1.44. The lowest BCUT2D eigenvalue weighted by molar-refractivity contribution is 0.102. The third-order valence-electron chi connectivity index (χ3n) is 6.05. The summed E-state index contributed by atoms with van der Waals surface area (Å²) in [4.78, 5) is 15.0. The molecule has 1 aliphatic heterocycles. The fraction of sp³-hybridized carbons (Fsp3) is 0.407. The second kappa shape index (κ2) is 11.2. The minimum absolute atomic E-state index is 0.263. The Morgan fingerprint density at radius 3 is 2.60 bits per heavy atom. The van der Waals surface area contributed by atoms with Crippen molar-refractivity contribution in [1.29, 1.82) is 0 Å². The molecule has 0 saturated carbocycles. The fourth-order valence-electron chi connectivity index (χ4n) is 4.15. The number of carbonyl (C=O) groups is 1. The Bertz CT molecular complexity index is 1190. The van der Waals surface area contributed by atoms with Crippen molar-refractivity contribution in [1.82, 2.24) is 14.7 Å². The van der Waals surface area contributed by atoms with Crippen LogP contribution in [0.5, 0.6) is 5.75 Å². The number of benzene rings is 2. The van der Waals surface area contributed by atoms with E-state index in [1.54, 1.807) is 28.9 Å². The van der Waals surface area contributed by atoms with Crippen LogP contribution in [0.25, 0.3) is 0 Å². The normalized spacial score (nSPS) is 14.0. The third-order valence-corrected chi connectivity index (χ3v) is 6.28. The summed E-state index contributed by atoms with van der Waals surface area (Å²) in [5, 5.41) is 7.93. The molecule has 1 saturated heterocycles. The maximum atomic E-state index is 14.6. The molecule has 1 N–H and O–H groups in total. The molecule has 2 heterocycles. The van der Waals surface area contributed by atoms with Gasteiger partial charge in [0.1, 0.15) is 11.6 Å². The molecule has 186 valence electrons. The standard InChI is InChI=1S/C27H32ClFN4O2/c1-18(2)17-35-25-9-8-23(28)13-22(25)16-33-19(3)12-26(31-33)30-27(34)20-6-7-21(24(29)14-20)15-32-10-4-5-11-32/h6-9,12-14,18H,4-5,10-11,15-17H2,1-3H3,(H,30,31,34). The van der Waals surface area contributed by atoms with Gasteiger partial charge in [-0.2, -0.15) is 5.10 Å². The van der Waals surface area contributed by atoms with Crippen LogP contribution < -0.4 is 10.1 Å². The van der Waals surface area contributed by atoms with Crippen molar-refractivity contribution in [3.63, 3.8) is 0 Å². The Hall–Kier alpha value is -2.90. The molecular weight excluding hydrogens is 467 g/mol. The number of nitrogens with zero attached hydrogens (tertiary/aromatic N) is 3. The smallest absolute Gasteiger partial charge is 0.256 e. The molecule has 0 radical (unpaired) electrons. The Kier molecular flexibility index (Phi) is 8.08. The summed E-state index contributed by atoms with van der Waals surface area (Å²) >= 11 is 6.22. The van der Waals surface area contributed by atoms with Crippen LogP contribution in [-0.4, -0.2) is 40.3 Å². The van der Waals surface area contributed by atoms with Gasteiger partial charge in [-0.25, -0.2) is 4.39 Å². The number of aryl methyl sites for hydroxylation is 1. The molecule has 1 aliphatic rings. The second-order valence-electron chi connectivity index (χ2n) is 9.53. The largest absolute Gasteiger partial charge is 0.493 e. The summed E-state index contributed by atoms with van der Waals surface area (Å²) in [6, 6.07) is 12.0. The van der Waals surface area contributed by atoms with E-state index in [9.17, 15) is 9.18 Å². The highest BCUT2D eigenvalue weighted by molar-refractivity contribution is 6.30. The average Bonchev–Trinajstić information content (AvgIpc) is 3.44. The molecule has 0 spiro atoms. The maximum Gasteiger partial charge on any atom is 0.256 e. The SMILES string of the molecule is Cc1cc(NC(=O)c2ccc(CN3CCCC3)c(F)c2)nn1Cc1cc(Cl)ccc1OCC(C)C. The van der Waals surface area contributed by atoms with Gasteiger partial charge in [0.25, 0.3) is 5.91 Å². The molecule has 0 aliphatic carbocycles. The molecule has 1 aromatic heterocycles. The number of likely N-dealkylation sites (tertiary alicyclic amines) is 1. The molecule has 6 nitrogen and oxygen atoms in total. The number of aromatic nitrogens is 2. The van der Waals surface area contributed by atoms with Crippen LogP contribution in [0.3, 0.4) is 0 Å². The van der Waals surface area contributed by atoms with Crippen molar-refractivity contribution in [2.24, 2.45) is 5.92 Å². The fourth-order valence-corrected chi connectivity index (χ4v) is 4.34. The summed E-state index contributed by atoms with van der Waals surface area (Å²) in [6.45, 7) is 9.69. The number of hydrogen-bond acceptors (Lipinski definition) is 4. The lowest BCUT2D eigenvalue weighted by atomic mass is 10.1. The highest BCUT2D eigenvalue weighted by atomic mass is 35.5. The van der Waals surface area contributed by atoms with Crippen LogP contribution >= 0.6 is 11.6 Å². The van der Waals surface area contributed by atoms with E-state index >= 15 is 0 Å². The van der Waals surface area contributed by atoms with Gasteiger partial charge in [0.2, 0.25) is 0 Å². The van der Waals surface area contributed by atoms with E-state index in [0.717, 1.165) is 42.9 Å². The van der Waals surface area contributed by atoms with Crippen molar-refractivity contribution in [2.75, 3.05) is 25.0 Å². The van der Waals surface area contributed by atoms with Crippen molar-refractivity contribution in [3.05, 3.63) is 75.7 Å². The van der Waals surface area contributed by atoms with Gasteiger partial charge >= 0.3 is 0 Å². The average molecular weight is 499 g/mol. The Labute approximate surface area is 211 Å². The van der Waals surface area contributed by atoms with E-state index in [1.807, 2.05) is 19.1 Å². The first-order valence-electron chi connectivity index (χ1n) is 12.1. The van der Waals surface area contributed by atoms with Crippen LogP contribution in [0, 0.1) is 18.7 Å². The summed E-state index contributed by atoms with van der Waals surface area (Å²) in [6.07, 6.45) is 2.30. The van der Waals surface area contributed by atoms with E-state index in [0.29, 0.717) is 42.0 Å². The zero-order valence-electron chi connectivity index (χ0n) is 20.5. The van der Waals surface area contributed by atoms with Crippen LogP contribution in [0.2, 0.25) is 5.02 Å². The first-order chi connectivity index (χ1) is 16.8. The number of nitrogens with one attached hydrogen (secondary N) is 1. The van der Waals surface area contributed by atoms with Crippen LogP contribution in [0.4, 0.5) is 10.2 Å². The van der Waals surface area contributed by atoms with Crippen LogP contribution in [0.15, 0.2) is 42.5 Å². The molecule has 35 heavy (non-hydrogen) atoms. The third kappa shape index (κ3) is 6.61. The molecule has 8 heteroatoms. The van der Waals surface area contributed by atoms with Gasteiger partial charge in [0, 0.05) is 40.0 Å². The lowest BCUT2D eigenvalue weighted by Crippen LogP contribution is -2.19. The van der Waals surface area contributed by atoms with Gasteiger partial charge in [-0.05, 0) is 69.1 Å². The first-order valence-corrected chi connectivity index (χ1v) is 12.4. The highest BCUT2D eigenvalue weighted by Crippen LogP contribution is 2.25. The maximum absolute atomic E-state index is 14.6. The van der Waals surface area contributed by atoms with Crippen LogP contribution in [-0.2, 0) is 13.1 Å². The van der Waals surface area contributed by atoms with Crippen molar-refractivity contribution < 1.29 is 13.9 Å². The van der Waals surface area contributed by atoms with Gasteiger partial charge in [-0.15, -0.1) is 0 Å². The minimum Gasteiger partial charge on any atom is -0.493 e. The van der Waals surface area contributed by atoms with Gasteiger partial charge in [0.15, 0.2) is 5.82 Å². The number of ether oxygens (including phenoxy) is 1. The van der Waals surface area contributed by atoms with Crippen molar-refractivity contribution in [2.45, 2.75) is 46.7 Å². The molecule has 0 unspecified atom stereocenters. The molecule has 1 amide bonds. The summed E-state index contributed by atoms with van der Waals surface area (Å²) in [7, 11) is 0. The highest BCUT2D eigenvalue weighted by Gasteiger charge is 2.17. The van der Waals surface area contributed by atoms with Gasteiger partial charge in [0.05, 0.1) is 13.2 Å².